The Kier molecular flexibility index (Phi) is 6.01. The lowest BCUT2D eigenvalue weighted by molar-refractivity contribution is -0.384. The van der Waals surface area contributed by atoms with Crippen LogP contribution in [0.5, 0.6) is 5.75 Å². The van der Waals surface area contributed by atoms with Crippen molar-refractivity contribution in [2.45, 2.75) is 19.5 Å². The molecule has 0 fully saturated rings. The molecular formula is C21H20N4O4S. The second kappa shape index (κ2) is 9.02. The molecule has 0 atom stereocenters. The van der Waals surface area contributed by atoms with Crippen LogP contribution in [0.1, 0.15) is 16.1 Å². The molecular weight excluding hydrogens is 404 g/mol. The van der Waals surface area contributed by atoms with E-state index in [-0.39, 0.29) is 18.2 Å². The van der Waals surface area contributed by atoms with Crippen molar-refractivity contribution in [1.82, 2.24) is 9.88 Å². The highest BCUT2D eigenvalue weighted by molar-refractivity contribution is 7.15. The summed E-state index contributed by atoms with van der Waals surface area (Å²) in [4.78, 5) is 30.5. The van der Waals surface area contributed by atoms with Gasteiger partial charge in [0.25, 0.3) is 11.6 Å². The summed E-state index contributed by atoms with van der Waals surface area (Å²) in [5.41, 5.74) is 2.29. The molecule has 0 saturated carbocycles. The van der Waals surface area contributed by atoms with Gasteiger partial charge in [0.2, 0.25) is 0 Å². The number of hydrogen-bond acceptors (Lipinski definition) is 7. The predicted molar refractivity (Wildman–Crippen MR) is 114 cm³/mol. The molecule has 0 aliphatic carbocycles. The van der Waals surface area contributed by atoms with Gasteiger partial charge in [0, 0.05) is 43.1 Å². The fraction of sp³-hybridized carbons (Fsp3) is 0.238. The standard InChI is InChI=1S/C21H20N4O4S/c26-20(14-29-17-8-6-16(7-9-17)25(27)28)23-21-22-18-10-11-24(13-19(18)30-21)12-15-4-2-1-3-5-15/h1-9H,10-14H2,(H,22,23,26). The highest BCUT2D eigenvalue weighted by Crippen LogP contribution is 2.29. The molecule has 2 heterocycles. The van der Waals surface area contributed by atoms with Gasteiger partial charge >= 0.3 is 0 Å². The van der Waals surface area contributed by atoms with E-state index in [1.807, 2.05) is 18.2 Å². The maximum Gasteiger partial charge on any atom is 0.269 e. The molecule has 1 aliphatic rings. The third kappa shape index (κ3) is 5.00. The number of hydrogen-bond donors (Lipinski definition) is 1. The normalized spacial score (nSPS) is 13.5. The second-order valence-electron chi connectivity index (χ2n) is 6.92. The van der Waals surface area contributed by atoms with Gasteiger partial charge in [0.15, 0.2) is 11.7 Å². The van der Waals surface area contributed by atoms with Gasteiger partial charge in [0.1, 0.15) is 5.75 Å². The molecule has 1 amide bonds. The van der Waals surface area contributed by atoms with Crippen LogP contribution in [0.25, 0.3) is 0 Å². The minimum Gasteiger partial charge on any atom is -0.484 e. The number of benzene rings is 2. The van der Waals surface area contributed by atoms with E-state index in [0.29, 0.717) is 10.9 Å². The molecule has 1 aliphatic heterocycles. The van der Waals surface area contributed by atoms with Crippen LogP contribution in [0.4, 0.5) is 10.8 Å². The molecule has 0 unspecified atom stereocenters. The van der Waals surface area contributed by atoms with Crippen molar-refractivity contribution < 1.29 is 14.5 Å². The Morgan fingerprint density at radius 1 is 1.20 bits per heavy atom. The summed E-state index contributed by atoms with van der Waals surface area (Å²) in [5, 5.41) is 14.0. The fourth-order valence-electron chi connectivity index (χ4n) is 3.25. The molecule has 0 bridgehead atoms. The Labute approximate surface area is 177 Å². The van der Waals surface area contributed by atoms with E-state index < -0.39 is 4.92 Å². The average Bonchev–Trinajstić information content (AvgIpc) is 3.14. The molecule has 0 radical (unpaired) electrons. The molecule has 154 valence electrons. The lowest BCUT2D eigenvalue weighted by Crippen LogP contribution is -2.29. The van der Waals surface area contributed by atoms with Crippen molar-refractivity contribution in [2.24, 2.45) is 0 Å². The largest absolute Gasteiger partial charge is 0.484 e. The number of rotatable bonds is 7. The molecule has 4 rings (SSSR count). The van der Waals surface area contributed by atoms with E-state index in [0.717, 1.165) is 31.7 Å². The van der Waals surface area contributed by atoms with Crippen LogP contribution in [-0.2, 0) is 24.3 Å². The number of carbonyl (C=O) groups excluding carboxylic acids is 1. The van der Waals surface area contributed by atoms with Crippen LogP contribution in [0.3, 0.4) is 0 Å². The summed E-state index contributed by atoms with van der Waals surface area (Å²) in [6.45, 7) is 2.45. The first-order chi connectivity index (χ1) is 14.6. The zero-order valence-electron chi connectivity index (χ0n) is 16.1. The van der Waals surface area contributed by atoms with Crippen molar-refractivity contribution >= 4 is 28.1 Å². The first-order valence-electron chi connectivity index (χ1n) is 9.49. The summed E-state index contributed by atoms with van der Waals surface area (Å²) in [6.07, 6.45) is 0.855. The molecule has 9 heteroatoms. The van der Waals surface area contributed by atoms with E-state index in [1.54, 1.807) is 0 Å². The molecule has 1 N–H and O–H groups in total. The number of nitrogens with one attached hydrogen (secondary N) is 1. The number of nitro groups is 1. The Morgan fingerprint density at radius 2 is 1.97 bits per heavy atom. The van der Waals surface area contributed by atoms with E-state index in [2.05, 4.69) is 27.3 Å². The van der Waals surface area contributed by atoms with Crippen LogP contribution < -0.4 is 10.1 Å². The number of thiazole rings is 1. The average molecular weight is 424 g/mol. The number of anilines is 1. The molecule has 3 aromatic rings. The highest BCUT2D eigenvalue weighted by Gasteiger charge is 2.21. The van der Waals surface area contributed by atoms with Gasteiger partial charge < -0.3 is 4.74 Å². The van der Waals surface area contributed by atoms with E-state index >= 15 is 0 Å². The smallest absolute Gasteiger partial charge is 0.269 e. The lowest BCUT2D eigenvalue weighted by atomic mass is 10.1. The van der Waals surface area contributed by atoms with Crippen molar-refractivity contribution in [2.75, 3.05) is 18.5 Å². The van der Waals surface area contributed by atoms with Crippen LogP contribution in [0.2, 0.25) is 0 Å². The fourth-order valence-corrected chi connectivity index (χ4v) is 4.31. The number of nitro benzene ring substituents is 1. The Bertz CT molecular complexity index is 1040. The molecule has 0 saturated heterocycles. The van der Waals surface area contributed by atoms with E-state index in [1.165, 1.54) is 46.0 Å². The maximum absolute atomic E-state index is 12.2. The topological polar surface area (TPSA) is 97.6 Å². The van der Waals surface area contributed by atoms with Gasteiger partial charge in [-0.05, 0) is 17.7 Å². The number of fused-ring (bicyclic) bond motifs is 1. The number of amides is 1. The Morgan fingerprint density at radius 3 is 2.70 bits per heavy atom. The highest BCUT2D eigenvalue weighted by atomic mass is 32.1. The number of aromatic nitrogens is 1. The van der Waals surface area contributed by atoms with Crippen molar-refractivity contribution in [3.05, 3.63) is 80.8 Å². The Hall–Kier alpha value is -3.30. The minimum absolute atomic E-state index is 0.0264. The zero-order valence-corrected chi connectivity index (χ0v) is 16.9. The third-order valence-electron chi connectivity index (χ3n) is 4.72. The van der Waals surface area contributed by atoms with Crippen LogP contribution >= 0.6 is 11.3 Å². The van der Waals surface area contributed by atoms with Gasteiger partial charge in [-0.1, -0.05) is 30.3 Å². The van der Waals surface area contributed by atoms with Gasteiger partial charge in [-0.2, -0.15) is 0 Å². The quantitative estimate of drug-likeness (QED) is 0.459. The first-order valence-corrected chi connectivity index (χ1v) is 10.3. The van der Waals surface area contributed by atoms with E-state index in [4.69, 9.17) is 4.74 Å². The van der Waals surface area contributed by atoms with Crippen LogP contribution in [0.15, 0.2) is 54.6 Å². The van der Waals surface area contributed by atoms with E-state index in [9.17, 15) is 14.9 Å². The number of non-ortho nitro benzene ring substituents is 1. The van der Waals surface area contributed by atoms with Crippen molar-refractivity contribution in [3.63, 3.8) is 0 Å². The molecule has 1 aromatic heterocycles. The predicted octanol–water partition coefficient (Wildman–Crippen LogP) is 3.63. The van der Waals surface area contributed by atoms with Gasteiger partial charge in [-0.25, -0.2) is 4.98 Å². The molecule has 2 aromatic carbocycles. The number of nitrogens with zero attached hydrogens (tertiary/aromatic N) is 3. The minimum atomic E-state index is -0.484. The first kappa shape index (κ1) is 20.0. The summed E-state index contributed by atoms with van der Waals surface area (Å²) < 4.78 is 5.39. The van der Waals surface area contributed by atoms with Gasteiger partial charge in [-0.15, -0.1) is 11.3 Å². The number of ether oxygens (including phenoxy) is 1. The monoisotopic (exact) mass is 424 g/mol. The Balaban J connectivity index is 1.29. The lowest BCUT2D eigenvalue weighted by Gasteiger charge is -2.25. The summed E-state index contributed by atoms with van der Waals surface area (Å²) >= 11 is 1.49. The number of carbonyl (C=O) groups is 1. The second-order valence-corrected chi connectivity index (χ2v) is 8.01. The maximum atomic E-state index is 12.2. The molecule has 0 spiro atoms. The van der Waals surface area contributed by atoms with Crippen LogP contribution in [-0.4, -0.2) is 33.9 Å². The zero-order chi connectivity index (χ0) is 20.9. The van der Waals surface area contributed by atoms with Gasteiger partial charge in [-0.3, -0.25) is 25.1 Å². The van der Waals surface area contributed by atoms with Crippen LogP contribution in [0, 0.1) is 10.1 Å². The summed E-state index contributed by atoms with van der Waals surface area (Å²) in [6, 6.07) is 16.0. The molecule has 8 nitrogen and oxygen atoms in total. The van der Waals surface area contributed by atoms with Crippen molar-refractivity contribution in [3.8, 4) is 5.75 Å². The van der Waals surface area contributed by atoms with Crippen molar-refractivity contribution in [1.29, 1.82) is 0 Å². The SMILES string of the molecule is O=C(COc1ccc([N+](=O)[O-])cc1)Nc1nc2c(s1)CN(Cc1ccccc1)CC2. The summed E-state index contributed by atoms with van der Waals surface area (Å²) in [7, 11) is 0. The van der Waals surface area contributed by atoms with Gasteiger partial charge in [0.05, 0.1) is 10.6 Å². The summed E-state index contributed by atoms with van der Waals surface area (Å²) in [5.74, 6) is 0.0753. The molecule has 30 heavy (non-hydrogen) atoms. The third-order valence-corrected chi connectivity index (χ3v) is 5.72.